The summed E-state index contributed by atoms with van der Waals surface area (Å²) in [6.45, 7) is 0. The maximum atomic E-state index is 8.87. The minimum Gasteiger partial charge on any atom is -0.345 e. The van der Waals surface area contributed by atoms with Crippen molar-refractivity contribution in [2.45, 2.75) is 12.8 Å². The highest BCUT2D eigenvalue weighted by Gasteiger charge is 2.05. The molecule has 130 valence electrons. The lowest BCUT2D eigenvalue weighted by molar-refractivity contribution is 0.962. The largest absolute Gasteiger partial charge is 0.345 e. The van der Waals surface area contributed by atoms with E-state index >= 15 is 0 Å². The molecule has 1 N–H and O–H groups in total. The molecule has 0 aliphatic carbocycles. The number of aromatic amines is 1. The first-order valence-electron chi connectivity index (χ1n) is 8.82. The van der Waals surface area contributed by atoms with Gasteiger partial charge in [-0.25, -0.2) is 4.98 Å². The predicted octanol–water partition coefficient (Wildman–Crippen LogP) is 4.52. The third-order valence-corrected chi connectivity index (χ3v) is 4.44. The quantitative estimate of drug-likeness (QED) is 0.575. The Balaban J connectivity index is 1.42. The van der Waals surface area contributed by atoms with E-state index in [1.807, 2.05) is 60.9 Å². The number of hydrogen-bond donors (Lipinski definition) is 1. The summed E-state index contributed by atoms with van der Waals surface area (Å²) >= 11 is 0. The van der Waals surface area contributed by atoms with Gasteiger partial charge in [0.05, 0.1) is 11.6 Å². The van der Waals surface area contributed by atoms with Crippen molar-refractivity contribution < 1.29 is 0 Å². The molecule has 2 heterocycles. The molecule has 0 saturated heterocycles. The van der Waals surface area contributed by atoms with Gasteiger partial charge in [-0.3, -0.25) is 4.98 Å². The van der Waals surface area contributed by atoms with E-state index in [1.54, 1.807) is 0 Å². The Kier molecular flexibility index (Phi) is 4.76. The normalized spacial score (nSPS) is 10.5. The predicted molar refractivity (Wildman–Crippen MR) is 105 cm³/mol. The van der Waals surface area contributed by atoms with Gasteiger partial charge < -0.3 is 4.98 Å². The molecule has 0 fully saturated rings. The molecule has 4 heteroatoms. The average molecular weight is 350 g/mol. The minimum absolute atomic E-state index is 0.669. The maximum absolute atomic E-state index is 8.87. The fourth-order valence-corrected chi connectivity index (χ4v) is 3.00. The van der Waals surface area contributed by atoms with Crippen LogP contribution in [-0.4, -0.2) is 15.0 Å². The van der Waals surface area contributed by atoms with Crippen LogP contribution in [0.25, 0.3) is 11.1 Å². The van der Waals surface area contributed by atoms with Gasteiger partial charge in [-0.1, -0.05) is 48.5 Å². The lowest BCUT2D eigenvalue weighted by Crippen LogP contribution is -1.95. The number of benzene rings is 2. The molecule has 0 bridgehead atoms. The number of nitriles is 1. The van der Waals surface area contributed by atoms with E-state index in [2.05, 4.69) is 39.2 Å². The molecule has 0 aliphatic rings. The zero-order valence-corrected chi connectivity index (χ0v) is 14.8. The van der Waals surface area contributed by atoms with Gasteiger partial charge in [0, 0.05) is 42.2 Å². The molecular formula is C23H18N4. The van der Waals surface area contributed by atoms with Crippen LogP contribution in [0.4, 0.5) is 0 Å². The Labute approximate surface area is 158 Å². The van der Waals surface area contributed by atoms with Crippen LogP contribution in [0.5, 0.6) is 0 Å². The molecule has 0 atom stereocenters. The standard InChI is InChI=1S/C23H18N4/c24-14-18-8-6-17(7-9-18)12-22-16-26-23(27-22)13-21-11-10-20(15-25-21)19-4-2-1-3-5-19/h1-11,15-16H,12-13H2,(H,26,27). The molecule has 0 saturated carbocycles. The summed E-state index contributed by atoms with van der Waals surface area (Å²) < 4.78 is 0. The van der Waals surface area contributed by atoms with Crippen LogP contribution in [0, 0.1) is 11.3 Å². The van der Waals surface area contributed by atoms with Crippen molar-refractivity contribution in [3.8, 4) is 17.2 Å². The molecule has 27 heavy (non-hydrogen) atoms. The Morgan fingerprint density at radius 2 is 1.59 bits per heavy atom. The summed E-state index contributed by atoms with van der Waals surface area (Å²) in [4.78, 5) is 12.4. The fourth-order valence-electron chi connectivity index (χ4n) is 3.00. The lowest BCUT2D eigenvalue weighted by Gasteiger charge is -2.03. The molecule has 4 aromatic rings. The van der Waals surface area contributed by atoms with E-state index in [1.165, 1.54) is 5.56 Å². The number of H-pyrrole nitrogens is 1. The maximum Gasteiger partial charge on any atom is 0.112 e. The van der Waals surface area contributed by atoms with Crippen molar-refractivity contribution in [3.05, 3.63) is 107 Å². The lowest BCUT2D eigenvalue weighted by atomic mass is 10.1. The first-order chi connectivity index (χ1) is 13.3. The van der Waals surface area contributed by atoms with Crippen LogP contribution in [0.15, 0.2) is 79.1 Å². The number of hydrogen-bond acceptors (Lipinski definition) is 3. The molecular weight excluding hydrogens is 332 g/mol. The van der Waals surface area contributed by atoms with Gasteiger partial charge in [0.1, 0.15) is 5.82 Å². The fraction of sp³-hybridized carbons (Fsp3) is 0.0870. The first-order valence-corrected chi connectivity index (χ1v) is 8.82. The van der Waals surface area contributed by atoms with Crippen LogP contribution in [-0.2, 0) is 12.8 Å². The molecule has 2 aromatic heterocycles. The van der Waals surface area contributed by atoms with Crippen LogP contribution in [0.2, 0.25) is 0 Å². The summed E-state index contributed by atoms with van der Waals surface area (Å²) in [5.41, 5.74) is 6.13. The number of rotatable bonds is 5. The second kappa shape index (κ2) is 7.67. The highest BCUT2D eigenvalue weighted by Crippen LogP contribution is 2.18. The average Bonchev–Trinajstić information content (AvgIpc) is 3.16. The van der Waals surface area contributed by atoms with Crippen LogP contribution < -0.4 is 0 Å². The van der Waals surface area contributed by atoms with Gasteiger partial charge >= 0.3 is 0 Å². The smallest absolute Gasteiger partial charge is 0.112 e. The van der Waals surface area contributed by atoms with Crippen molar-refractivity contribution in [2.75, 3.05) is 0 Å². The third-order valence-electron chi connectivity index (χ3n) is 4.44. The zero-order chi connectivity index (χ0) is 18.5. The van der Waals surface area contributed by atoms with Crippen LogP contribution in [0.3, 0.4) is 0 Å². The number of nitrogens with one attached hydrogen (secondary N) is 1. The first kappa shape index (κ1) is 16.7. The monoisotopic (exact) mass is 350 g/mol. The summed E-state index contributed by atoms with van der Waals surface area (Å²) in [5.74, 6) is 0.901. The van der Waals surface area contributed by atoms with Crippen molar-refractivity contribution in [3.63, 3.8) is 0 Å². The second-order valence-corrected chi connectivity index (χ2v) is 6.42. The number of pyridine rings is 1. The van der Waals surface area contributed by atoms with E-state index in [9.17, 15) is 0 Å². The van der Waals surface area contributed by atoms with E-state index in [4.69, 9.17) is 5.26 Å². The summed E-state index contributed by atoms with van der Waals surface area (Å²) in [6, 6.07) is 24.1. The van der Waals surface area contributed by atoms with Crippen molar-refractivity contribution in [1.82, 2.24) is 15.0 Å². The van der Waals surface area contributed by atoms with Gasteiger partial charge in [0.25, 0.3) is 0 Å². The Morgan fingerprint density at radius 1 is 0.778 bits per heavy atom. The SMILES string of the molecule is N#Cc1ccc(Cc2cnc(Cc3ccc(-c4ccccc4)cn3)[nH]2)cc1. The zero-order valence-electron chi connectivity index (χ0n) is 14.8. The topological polar surface area (TPSA) is 65.4 Å². The van der Waals surface area contributed by atoms with Crippen molar-refractivity contribution >= 4 is 0 Å². The van der Waals surface area contributed by atoms with E-state index in [0.29, 0.717) is 12.0 Å². The highest BCUT2D eigenvalue weighted by molar-refractivity contribution is 5.62. The third kappa shape index (κ3) is 4.10. The summed E-state index contributed by atoms with van der Waals surface area (Å²) in [7, 11) is 0. The van der Waals surface area contributed by atoms with E-state index in [-0.39, 0.29) is 0 Å². The number of aromatic nitrogens is 3. The molecule has 4 rings (SSSR count). The molecule has 2 aromatic carbocycles. The Bertz CT molecular complexity index is 1060. The molecule has 0 radical (unpaired) electrons. The number of nitrogens with zero attached hydrogens (tertiary/aromatic N) is 3. The summed E-state index contributed by atoms with van der Waals surface area (Å²) in [5, 5.41) is 8.87. The van der Waals surface area contributed by atoms with Crippen molar-refractivity contribution in [2.24, 2.45) is 0 Å². The second-order valence-electron chi connectivity index (χ2n) is 6.42. The molecule has 0 amide bonds. The number of imidazole rings is 1. The molecule has 0 unspecified atom stereocenters. The van der Waals surface area contributed by atoms with Gasteiger partial charge in [-0.15, -0.1) is 0 Å². The minimum atomic E-state index is 0.669. The highest BCUT2D eigenvalue weighted by atomic mass is 14.9. The summed E-state index contributed by atoms with van der Waals surface area (Å²) in [6.07, 6.45) is 5.21. The van der Waals surface area contributed by atoms with E-state index < -0.39 is 0 Å². The van der Waals surface area contributed by atoms with Crippen molar-refractivity contribution in [1.29, 1.82) is 5.26 Å². The van der Waals surface area contributed by atoms with Crippen LogP contribution in [0.1, 0.15) is 28.3 Å². The van der Waals surface area contributed by atoms with Gasteiger partial charge in [0.2, 0.25) is 0 Å². The Morgan fingerprint density at radius 3 is 2.30 bits per heavy atom. The Hall–Kier alpha value is -3.71. The van der Waals surface area contributed by atoms with Gasteiger partial charge in [-0.05, 0) is 29.3 Å². The molecule has 0 aliphatic heterocycles. The molecule has 4 nitrogen and oxygen atoms in total. The van der Waals surface area contributed by atoms with E-state index in [0.717, 1.165) is 34.8 Å². The van der Waals surface area contributed by atoms with Gasteiger partial charge in [-0.2, -0.15) is 5.26 Å². The molecule has 0 spiro atoms. The van der Waals surface area contributed by atoms with Crippen LogP contribution >= 0.6 is 0 Å². The van der Waals surface area contributed by atoms with Gasteiger partial charge in [0.15, 0.2) is 0 Å².